The van der Waals surface area contributed by atoms with E-state index in [2.05, 4.69) is 20.0 Å². The number of carbonyl (C=O) groups is 1. The highest BCUT2D eigenvalue weighted by molar-refractivity contribution is 7.92. The number of benzene rings is 3. The third-order valence-corrected chi connectivity index (χ3v) is 7.73. The molecule has 0 aliphatic heterocycles. The first kappa shape index (κ1) is 26.3. The molecular formula is C29H24ClN5O3S. The molecule has 0 aliphatic carbocycles. The van der Waals surface area contributed by atoms with Crippen molar-refractivity contribution >= 4 is 49.9 Å². The van der Waals surface area contributed by atoms with Crippen LogP contribution in [0.15, 0.2) is 83.8 Å². The zero-order valence-electron chi connectivity index (χ0n) is 21.4. The molecule has 0 fully saturated rings. The number of carbonyl (C=O) groups excluding carboxylic acids is 1. The van der Waals surface area contributed by atoms with Crippen molar-refractivity contribution in [1.29, 1.82) is 0 Å². The van der Waals surface area contributed by atoms with Gasteiger partial charge in [0.15, 0.2) is 0 Å². The first-order valence-corrected chi connectivity index (χ1v) is 13.9. The quantitative estimate of drug-likeness (QED) is 0.252. The maximum Gasteiger partial charge on any atom is 0.263 e. The van der Waals surface area contributed by atoms with Crippen molar-refractivity contribution in [2.45, 2.75) is 25.7 Å². The molecule has 10 heteroatoms. The Balaban J connectivity index is 1.44. The molecule has 0 spiro atoms. The number of nitrogens with zero attached hydrogens (tertiary/aromatic N) is 3. The number of halogens is 1. The molecule has 8 nitrogen and oxygen atoms in total. The number of nitrogens with one attached hydrogen (secondary N) is 2. The highest BCUT2D eigenvalue weighted by Gasteiger charge is 2.20. The average molecular weight is 558 g/mol. The van der Waals surface area contributed by atoms with Gasteiger partial charge in [0.2, 0.25) is 0 Å². The van der Waals surface area contributed by atoms with Gasteiger partial charge in [-0.05, 0) is 68.8 Å². The molecule has 3 aromatic carbocycles. The highest BCUT2D eigenvalue weighted by atomic mass is 35.5. The van der Waals surface area contributed by atoms with Crippen molar-refractivity contribution < 1.29 is 13.2 Å². The van der Waals surface area contributed by atoms with Crippen LogP contribution in [0.4, 0.5) is 11.5 Å². The molecule has 5 aromatic rings. The Morgan fingerprint density at radius 3 is 2.23 bits per heavy atom. The lowest BCUT2D eigenvalue weighted by Gasteiger charge is -2.15. The number of fused-ring (bicyclic) bond motifs is 1. The van der Waals surface area contributed by atoms with E-state index in [1.807, 2.05) is 43.3 Å². The summed E-state index contributed by atoms with van der Waals surface area (Å²) in [5, 5.41) is 4.22. The van der Waals surface area contributed by atoms with Gasteiger partial charge in [-0.2, -0.15) is 0 Å². The zero-order valence-corrected chi connectivity index (χ0v) is 22.9. The summed E-state index contributed by atoms with van der Waals surface area (Å²) < 4.78 is 28.3. The van der Waals surface area contributed by atoms with Crippen molar-refractivity contribution in [2.24, 2.45) is 0 Å². The summed E-state index contributed by atoms with van der Waals surface area (Å²) in [5.41, 5.74) is 4.50. The second-order valence-corrected chi connectivity index (χ2v) is 11.1. The predicted octanol–water partition coefficient (Wildman–Crippen LogP) is 6.32. The van der Waals surface area contributed by atoms with Crippen molar-refractivity contribution in [3.8, 4) is 11.3 Å². The number of amides is 1. The lowest BCUT2D eigenvalue weighted by atomic mass is 9.97. The first-order chi connectivity index (χ1) is 18.6. The normalized spacial score (nSPS) is 11.4. The van der Waals surface area contributed by atoms with E-state index in [4.69, 9.17) is 16.6 Å². The minimum absolute atomic E-state index is 0.0324. The summed E-state index contributed by atoms with van der Waals surface area (Å²) in [5.74, 6) is 0.319. The largest absolute Gasteiger partial charge is 0.322 e. The van der Waals surface area contributed by atoms with E-state index in [0.717, 1.165) is 5.56 Å². The molecule has 5 rings (SSSR count). The number of anilines is 2. The first-order valence-electron chi connectivity index (χ1n) is 12.0. The summed E-state index contributed by atoms with van der Waals surface area (Å²) in [7, 11) is -3.89. The number of rotatable bonds is 6. The van der Waals surface area contributed by atoms with Gasteiger partial charge in [0.25, 0.3) is 15.9 Å². The van der Waals surface area contributed by atoms with Crippen LogP contribution < -0.4 is 10.0 Å². The Bertz CT molecular complexity index is 1800. The smallest absolute Gasteiger partial charge is 0.263 e. The van der Waals surface area contributed by atoms with Gasteiger partial charge in [0.05, 0.1) is 21.7 Å². The van der Waals surface area contributed by atoms with Gasteiger partial charge in [-0.1, -0.05) is 41.9 Å². The van der Waals surface area contributed by atoms with Gasteiger partial charge in [0, 0.05) is 33.4 Å². The summed E-state index contributed by atoms with van der Waals surface area (Å²) in [6, 6.07) is 22.2. The fourth-order valence-corrected chi connectivity index (χ4v) is 5.48. The van der Waals surface area contributed by atoms with Crippen molar-refractivity contribution in [1.82, 2.24) is 15.0 Å². The molecule has 1 amide bonds. The molecule has 2 aromatic heterocycles. The number of hydrogen-bond donors (Lipinski definition) is 2. The summed E-state index contributed by atoms with van der Waals surface area (Å²) in [6.45, 7) is 5.31. The van der Waals surface area contributed by atoms with E-state index in [-0.39, 0.29) is 16.6 Å². The molecule has 0 radical (unpaired) electrons. The SMILES string of the molecule is Cc1cc(NS(=O)(=O)c2ccc(NC(=O)c3c(C)c(-c4ccc(Cl)cc4)nc4ccccc34)cc2)nc(C)n1. The minimum Gasteiger partial charge on any atom is -0.322 e. The van der Waals surface area contributed by atoms with Crippen molar-refractivity contribution in [3.63, 3.8) is 0 Å². The second-order valence-electron chi connectivity index (χ2n) is 9.01. The highest BCUT2D eigenvalue weighted by Crippen LogP contribution is 2.31. The average Bonchev–Trinajstić information content (AvgIpc) is 2.88. The monoisotopic (exact) mass is 557 g/mol. The Labute approximate surface area is 231 Å². The van der Waals surface area contributed by atoms with E-state index in [9.17, 15) is 13.2 Å². The Kier molecular flexibility index (Phi) is 7.03. The Morgan fingerprint density at radius 1 is 0.846 bits per heavy atom. The van der Waals surface area contributed by atoms with Crippen LogP contribution >= 0.6 is 11.6 Å². The van der Waals surface area contributed by atoms with E-state index in [1.54, 1.807) is 44.2 Å². The fraction of sp³-hybridized carbons (Fsp3) is 0.103. The molecular weight excluding hydrogens is 534 g/mol. The molecule has 2 N–H and O–H groups in total. The molecule has 0 atom stereocenters. The zero-order chi connectivity index (χ0) is 27.7. The number of pyridine rings is 1. The number of aryl methyl sites for hydroxylation is 2. The summed E-state index contributed by atoms with van der Waals surface area (Å²) in [4.78, 5) is 26.7. The van der Waals surface area contributed by atoms with Crippen LogP contribution in [0.1, 0.15) is 27.4 Å². The van der Waals surface area contributed by atoms with E-state index in [1.165, 1.54) is 12.1 Å². The van der Waals surface area contributed by atoms with Crippen LogP contribution in [-0.4, -0.2) is 29.3 Å². The summed E-state index contributed by atoms with van der Waals surface area (Å²) >= 11 is 6.07. The molecule has 0 bridgehead atoms. The van der Waals surface area contributed by atoms with Gasteiger partial charge in [0.1, 0.15) is 11.6 Å². The lowest BCUT2D eigenvalue weighted by molar-refractivity contribution is 0.102. The molecule has 0 saturated carbocycles. The van der Waals surface area contributed by atoms with Gasteiger partial charge < -0.3 is 5.32 Å². The van der Waals surface area contributed by atoms with Gasteiger partial charge in [-0.3, -0.25) is 9.52 Å². The number of para-hydroxylation sites is 1. The maximum atomic E-state index is 13.6. The molecule has 0 unspecified atom stereocenters. The van der Waals surface area contributed by atoms with Crippen LogP contribution in [0, 0.1) is 20.8 Å². The van der Waals surface area contributed by atoms with Crippen LogP contribution in [0.3, 0.4) is 0 Å². The number of aromatic nitrogens is 3. The minimum atomic E-state index is -3.89. The van der Waals surface area contributed by atoms with Gasteiger partial charge in [-0.25, -0.2) is 23.4 Å². The third-order valence-electron chi connectivity index (χ3n) is 6.11. The fourth-order valence-electron chi connectivity index (χ4n) is 4.37. The number of sulfonamides is 1. The van der Waals surface area contributed by atoms with Crippen molar-refractivity contribution in [2.75, 3.05) is 10.0 Å². The topological polar surface area (TPSA) is 114 Å². The van der Waals surface area contributed by atoms with Gasteiger partial charge >= 0.3 is 0 Å². The van der Waals surface area contributed by atoms with E-state index in [0.29, 0.717) is 50.0 Å². The molecule has 39 heavy (non-hydrogen) atoms. The maximum absolute atomic E-state index is 13.6. The van der Waals surface area contributed by atoms with Crippen molar-refractivity contribution in [3.05, 3.63) is 107 Å². The lowest BCUT2D eigenvalue weighted by Crippen LogP contribution is -2.16. The molecule has 0 saturated heterocycles. The van der Waals surface area contributed by atoms with E-state index >= 15 is 0 Å². The number of hydrogen-bond acceptors (Lipinski definition) is 6. The van der Waals surface area contributed by atoms with Crippen LogP contribution in [0.5, 0.6) is 0 Å². The third kappa shape index (κ3) is 5.59. The van der Waals surface area contributed by atoms with Crippen LogP contribution in [0.25, 0.3) is 22.2 Å². The Morgan fingerprint density at radius 2 is 1.54 bits per heavy atom. The summed E-state index contributed by atoms with van der Waals surface area (Å²) in [6.07, 6.45) is 0. The second kappa shape index (κ2) is 10.4. The van der Waals surface area contributed by atoms with Gasteiger partial charge in [-0.15, -0.1) is 0 Å². The molecule has 2 heterocycles. The van der Waals surface area contributed by atoms with Crippen LogP contribution in [-0.2, 0) is 10.0 Å². The predicted molar refractivity (Wildman–Crippen MR) is 154 cm³/mol. The van der Waals surface area contributed by atoms with Crippen LogP contribution in [0.2, 0.25) is 5.02 Å². The molecule has 196 valence electrons. The molecule has 0 aliphatic rings. The Hall–Kier alpha value is -4.34. The van der Waals surface area contributed by atoms with E-state index < -0.39 is 10.0 Å². The standard InChI is InChI=1S/C29H24ClN5O3S/c1-17-16-26(32-19(3)31-17)35-39(37,38)23-14-12-22(13-15-23)33-29(36)27-18(2)28(20-8-10-21(30)11-9-20)34-25-7-5-4-6-24(25)27/h4-16H,1-3H3,(H,33,36)(H,31,32,35).